The zero-order valence-corrected chi connectivity index (χ0v) is 36.9. The first-order chi connectivity index (χ1) is 25.7. The molecule has 0 unspecified atom stereocenters. The van der Waals surface area contributed by atoms with Crippen molar-refractivity contribution in [1.82, 2.24) is 0 Å². The van der Waals surface area contributed by atoms with Gasteiger partial charge in [-0.1, -0.05) is 206 Å². The Morgan fingerprint density at radius 1 is 0.434 bits per heavy atom. The third-order valence-corrected chi connectivity index (χ3v) is 11.1. The van der Waals surface area contributed by atoms with Gasteiger partial charge in [-0.3, -0.25) is 4.18 Å². The summed E-state index contributed by atoms with van der Waals surface area (Å²) in [6.07, 6.45) is 44.9. The lowest BCUT2D eigenvalue weighted by Crippen LogP contribution is -2.50. The van der Waals surface area contributed by atoms with Crippen LogP contribution in [0.15, 0.2) is 0 Å². The minimum Gasteiger partial charge on any atom is -0.726 e. The highest BCUT2D eigenvalue weighted by Gasteiger charge is 2.20. The van der Waals surface area contributed by atoms with E-state index in [-0.39, 0.29) is 6.61 Å². The van der Waals surface area contributed by atoms with Gasteiger partial charge >= 0.3 is 0 Å². The van der Waals surface area contributed by atoms with E-state index in [2.05, 4.69) is 25.1 Å². The van der Waals surface area contributed by atoms with Crippen molar-refractivity contribution in [2.75, 3.05) is 66.8 Å². The van der Waals surface area contributed by atoms with Gasteiger partial charge in [0.05, 0.1) is 34.0 Å². The van der Waals surface area contributed by atoms with Crippen molar-refractivity contribution in [3.05, 3.63) is 0 Å². The molecule has 0 heterocycles. The molecule has 0 spiro atoms. The molecule has 1 N–H and O–H groups in total. The van der Waals surface area contributed by atoms with Gasteiger partial charge in [0.15, 0.2) is 0 Å². The number of nitrogens with zero attached hydrogens (tertiary/aromatic N) is 1. The lowest BCUT2D eigenvalue weighted by molar-refractivity contribution is -0.910. The molecule has 0 aromatic carbocycles. The van der Waals surface area contributed by atoms with Gasteiger partial charge in [0.1, 0.15) is 19.6 Å². The topological polar surface area (TPSA) is 105 Å². The van der Waals surface area contributed by atoms with Gasteiger partial charge in [0, 0.05) is 13.2 Å². The van der Waals surface area contributed by atoms with Crippen LogP contribution in [0.3, 0.4) is 0 Å². The summed E-state index contributed by atoms with van der Waals surface area (Å²) in [5.41, 5.74) is 0. The van der Waals surface area contributed by atoms with Crippen LogP contribution in [-0.2, 0) is 24.1 Å². The summed E-state index contributed by atoms with van der Waals surface area (Å²) < 4.78 is 43.9. The molecule has 0 aliphatic carbocycles. The second kappa shape index (κ2) is 44.4. The van der Waals surface area contributed by atoms with E-state index < -0.39 is 10.4 Å². The lowest BCUT2D eigenvalue weighted by atomic mass is 10.0. The molecule has 0 saturated carbocycles. The number of ether oxygens (including phenoxy) is 2. The molecule has 0 aromatic rings. The van der Waals surface area contributed by atoms with Gasteiger partial charge in [-0.15, -0.1) is 0 Å². The fourth-order valence-corrected chi connectivity index (χ4v) is 6.86. The highest BCUT2D eigenvalue weighted by molar-refractivity contribution is 7.80. The summed E-state index contributed by atoms with van der Waals surface area (Å²) >= 11 is 0. The van der Waals surface area contributed by atoms with Crippen molar-refractivity contribution in [2.24, 2.45) is 0 Å². The maximum atomic E-state index is 9.62. The number of likely N-dealkylation sites (N-methyl/N-ethyl adjacent to an activating group) is 1. The Labute approximate surface area is 331 Å². The van der Waals surface area contributed by atoms with E-state index in [0.717, 1.165) is 57.7 Å². The van der Waals surface area contributed by atoms with Crippen molar-refractivity contribution in [3.63, 3.8) is 0 Å². The second-order valence-electron chi connectivity index (χ2n) is 15.9. The van der Waals surface area contributed by atoms with Gasteiger partial charge in [-0.2, -0.15) is 0 Å². The molecule has 0 amide bonds. The average molecular weight is 780 g/mol. The summed E-state index contributed by atoms with van der Waals surface area (Å²) in [6, 6.07) is 0. The molecule has 0 aliphatic rings. The predicted octanol–water partition coefficient (Wildman–Crippen LogP) is 12.1. The third kappa shape index (κ3) is 49.7. The molecule has 53 heavy (non-hydrogen) atoms. The molecule has 0 aromatic heterocycles. The zero-order valence-electron chi connectivity index (χ0n) is 36.0. The minimum atomic E-state index is -4.41. The number of hydrogen-bond acceptors (Lipinski definition) is 7. The van der Waals surface area contributed by atoms with Crippen LogP contribution in [0.4, 0.5) is 0 Å². The van der Waals surface area contributed by atoms with Gasteiger partial charge in [-0.05, 0) is 12.8 Å². The summed E-state index contributed by atoms with van der Waals surface area (Å²) in [5, 5.41) is 9.62. The zero-order chi connectivity index (χ0) is 39.4. The quantitative estimate of drug-likeness (QED) is 0.0284. The molecular weight excluding hydrogens is 687 g/mol. The maximum absolute atomic E-state index is 9.62. The van der Waals surface area contributed by atoms with E-state index in [0.29, 0.717) is 0 Å². The molecule has 0 saturated heterocycles. The van der Waals surface area contributed by atoms with Crippen LogP contribution in [0, 0.1) is 0 Å². The van der Waals surface area contributed by atoms with Crippen LogP contribution >= 0.6 is 0 Å². The largest absolute Gasteiger partial charge is 0.726 e. The van der Waals surface area contributed by atoms with Gasteiger partial charge in [0.2, 0.25) is 10.4 Å². The van der Waals surface area contributed by atoms with E-state index in [1.54, 1.807) is 0 Å². The molecule has 322 valence electrons. The van der Waals surface area contributed by atoms with Crippen molar-refractivity contribution in [2.45, 2.75) is 219 Å². The molecule has 0 radical (unpaired) electrons. The van der Waals surface area contributed by atoms with Crippen LogP contribution in [0.1, 0.15) is 219 Å². The Morgan fingerprint density at radius 2 is 0.660 bits per heavy atom. The van der Waals surface area contributed by atoms with E-state index in [4.69, 9.17) is 9.47 Å². The summed E-state index contributed by atoms with van der Waals surface area (Å²) in [5.74, 6) is 0. The minimum absolute atomic E-state index is 0.231. The molecule has 8 nitrogen and oxygen atoms in total. The Hall–Kier alpha value is -0.290. The van der Waals surface area contributed by atoms with Gasteiger partial charge < -0.3 is 23.6 Å². The Morgan fingerprint density at radius 3 is 0.868 bits per heavy atom. The van der Waals surface area contributed by atoms with Gasteiger partial charge in [0.25, 0.3) is 0 Å². The van der Waals surface area contributed by atoms with Crippen LogP contribution < -0.4 is 0 Å². The third-order valence-electron chi connectivity index (χ3n) is 10.7. The van der Waals surface area contributed by atoms with Crippen LogP contribution in [0.5, 0.6) is 0 Å². The highest BCUT2D eigenvalue weighted by atomic mass is 32.3. The van der Waals surface area contributed by atoms with E-state index in [1.807, 2.05) is 0 Å². The van der Waals surface area contributed by atoms with Crippen molar-refractivity contribution < 1.29 is 36.2 Å². The fourth-order valence-electron chi connectivity index (χ4n) is 6.86. The molecule has 0 fully saturated rings. The van der Waals surface area contributed by atoms with Crippen molar-refractivity contribution in [3.8, 4) is 0 Å². The van der Waals surface area contributed by atoms with Crippen molar-refractivity contribution in [1.29, 1.82) is 0 Å². The molecule has 0 aliphatic heterocycles. The highest BCUT2D eigenvalue weighted by Crippen LogP contribution is 2.15. The summed E-state index contributed by atoms with van der Waals surface area (Å²) in [6.45, 7) is 10.9. The molecule has 0 atom stereocenters. The van der Waals surface area contributed by atoms with E-state index >= 15 is 0 Å². The maximum Gasteiger partial charge on any atom is 0.217 e. The molecule has 0 bridgehead atoms. The lowest BCUT2D eigenvalue weighted by Gasteiger charge is -2.33. The number of aliphatic hydroxyl groups excluding tert-OH is 1. The normalized spacial score (nSPS) is 12.0. The summed E-state index contributed by atoms with van der Waals surface area (Å²) in [4.78, 5) is 0. The standard InChI is InChI=1S/C43H90NO3.CH4O4S/c1-4-6-8-10-12-14-16-18-20-22-24-26-28-30-32-34-40-46-42-37-44(3,36-39-45)38-43-47-41-35-33-31-29-27-25-23-21-19-17-15-13-11-9-7-5-2;1-5-6(2,3)4/h45H,4-43H2,1-3H3;1H3,(H,2,3,4)/q+1;/p-1. The van der Waals surface area contributed by atoms with Crippen molar-refractivity contribution >= 4 is 10.4 Å². The monoisotopic (exact) mass is 780 g/mol. The molecule has 0 rings (SSSR count). The van der Waals surface area contributed by atoms with Crippen LogP contribution in [0.25, 0.3) is 0 Å². The fraction of sp³-hybridized carbons (Fsp3) is 1.00. The van der Waals surface area contributed by atoms with Crippen LogP contribution in [0.2, 0.25) is 0 Å². The first kappa shape index (κ1) is 54.8. The van der Waals surface area contributed by atoms with E-state index in [1.165, 1.54) is 205 Å². The van der Waals surface area contributed by atoms with Gasteiger partial charge in [-0.25, -0.2) is 8.42 Å². The first-order valence-corrected chi connectivity index (χ1v) is 24.2. The Kier molecular flexibility index (Phi) is 45.9. The number of aliphatic hydroxyl groups is 1. The molecular formula is C44H93NO7S. The molecule has 9 heteroatoms. The average Bonchev–Trinajstić information content (AvgIpc) is 3.13. The SMILES string of the molecule is CCCCCCCCCCCCCCCCCCOCC[N+](C)(CCO)CCOCCCCCCCCCCCCCCCCCC.COS(=O)(=O)[O-]. The number of unbranched alkanes of at least 4 members (excludes halogenated alkanes) is 30. The predicted molar refractivity (Wildman–Crippen MR) is 225 cm³/mol. The first-order valence-electron chi connectivity index (χ1n) is 22.9. The Bertz CT molecular complexity index is 742. The Balaban J connectivity index is 0. The second-order valence-corrected chi connectivity index (χ2v) is 17.1. The smallest absolute Gasteiger partial charge is 0.217 e. The van der Waals surface area contributed by atoms with E-state index in [9.17, 15) is 18.1 Å². The number of hydrogen-bond donors (Lipinski definition) is 1. The summed E-state index contributed by atoms with van der Waals surface area (Å²) in [7, 11) is -1.36. The number of rotatable bonds is 43. The van der Waals surface area contributed by atoms with Crippen LogP contribution in [-0.4, -0.2) is 89.4 Å². The number of quaternary nitrogens is 1.